The number of para-hydroxylation sites is 1. The molecule has 0 saturated heterocycles. The first-order valence-corrected chi connectivity index (χ1v) is 12.1. The number of hydrogen-bond donors (Lipinski definition) is 3. The van der Waals surface area contributed by atoms with Crippen molar-refractivity contribution in [1.82, 2.24) is 10.6 Å². The summed E-state index contributed by atoms with van der Waals surface area (Å²) in [5.41, 5.74) is 1.14. The summed E-state index contributed by atoms with van der Waals surface area (Å²) in [5, 5.41) is 8.87. The molecule has 2 atom stereocenters. The summed E-state index contributed by atoms with van der Waals surface area (Å²) in [7, 11) is 1.56. The van der Waals surface area contributed by atoms with Gasteiger partial charge in [0.2, 0.25) is 5.91 Å². The Balaban J connectivity index is 1.73. The number of methoxy groups -OCH3 is 1. The molecule has 34 heavy (non-hydrogen) atoms. The van der Waals surface area contributed by atoms with Gasteiger partial charge in [0.25, 0.3) is 11.8 Å². The molecule has 182 valence electrons. The van der Waals surface area contributed by atoms with Gasteiger partial charge in [-0.25, -0.2) is 0 Å². The van der Waals surface area contributed by atoms with Crippen LogP contribution in [0.5, 0.6) is 5.75 Å². The molecule has 0 bridgehead atoms. The maximum Gasteiger partial charge on any atom is 0.255 e. The lowest BCUT2D eigenvalue weighted by Crippen LogP contribution is -2.52. The second-order valence-electron chi connectivity index (χ2n) is 8.91. The lowest BCUT2D eigenvalue weighted by molar-refractivity contribution is -0.125. The molecule has 0 aliphatic heterocycles. The van der Waals surface area contributed by atoms with Crippen LogP contribution in [0, 0.1) is 5.92 Å². The summed E-state index contributed by atoms with van der Waals surface area (Å²) in [4.78, 5) is 39.1. The standard InChI is InChI=1S/C27H35N3O4/c1-4-18(2)24(27(33)28-20-10-6-5-7-11-20)30-26(32)22-12-8-9-13-23(22)29-25(31)19-14-16-21(34-3)17-15-19/h8-9,12-18,20,24H,4-7,10-11H2,1-3H3,(H,28,33)(H,29,31)(H,30,32)/t18-,24-/m1/s1. The normalized spacial score (nSPS) is 15.6. The van der Waals surface area contributed by atoms with Gasteiger partial charge in [-0.15, -0.1) is 0 Å². The van der Waals surface area contributed by atoms with Crippen molar-refractivity contribution >= 4 is 23.4 Å². The molecule has 7 heteroatoms. The van der Waals surface area contributed by atoms with Crippen molar-refractivity contribution in [3.05, 3.63) is 59.7 Å². The molecule has 3 N–H and O–H groups in total. The highest BCUT2D eigenvalue weighted by molar-refractivity contribution is 6.09. The molecule has 3 rings (SSSR count). The third-order valence-corrected chi connectivity index (χ3v) is 6.51. The van der Waals surface area contributed by atoms with E-state index in [1.54, 1.807) is 55.6 Å². The zero-order valence-electron chi connectivity index (χ0n) is 20.2. The van der Waals surface area contributed by atoms with Crippen LogP contribution in [0.2, 0.25) is 0 Å². The number of carbonyl (C=O) groups excluding carboxylic acids is 3. The van der Waals surface area contributed by atoms with E-state index in [0.29, 0.717) is 22.6 Å². The number of hydrogen-bond acceptors (Lipinski definition) is 4. The van der Waals surface area contributed by atoms with Crippen molar-refractivity contribution in [3.63, 3.8) is 0 Å². The van der Waals surface area contributed by atoms with Gasteiger partial charge in [0.15, 0.2) is 0 Å². The summed E-state index contributed by atoms with van der Waals surface area (Å²) >= 11 is 0. The molecule has 3 amide bonds. The Morgan fingerprint density at radius 2 is 1.65 bits per heavy atom. The van der Waals surface area contributed by atoms with Crippen LogP contribution in [0.1, 0.15) is 73.1 Å². The van der Waals surface area contributed by atoms with Gasteiger partial charge in [-0.1, -0.05) is 51.7 Å². The number of rotatable bonds is 9. The SMILES string of the molecule is CC[C@@H](C)[C@@H](NC(=O)c1ccccc1NC(=O)c1ccc(OC)cc1)C(=O)NC1CCCCC1. The van der Waals surface area contributed by atoms with Crippen LogP contribution >= 0.6 is 0 Å². The summed E-state index contributed by atoms with van der Waals surface area (Å²) in [6.07, 6.45) is 6.15. The van der Waals surface area contributed by atoms with Crippen LogP contribution < -0.4 is 20.7 Å². The van der Waals surface area contributed by atoms with E-state index in [1.165, 1.54) is 6.42 Å². The molecule has 2 aromatic carbocycles. The highest BCUT2D eigenvalue weighted by Gasteiger charge is 2.29. The van der Waals surface area contributed by atoms with E-state index < -0.39 is 11.9 Å². The fourth-order valence-corrected chi connectivity index (χ4v) is 4.19. The zero-order chi connectivity index (χ0) is 24.5. The summed E-state index contributed by atoms with van der Waals surface area (Å²) in [6, 6.07) is 13.1. The van der Waals surface area contributed by atoms with Gasteiger partial charge in [0, 0.05) is 11.6 Å². The number of amides is 3. The average molecular weight is 466 g/mol. The Kier molecular flexibility index (Phi) is 9.08. The Morgan fingerprint density at radius 1 is 0.971 bits per heavy atom. The number of carbonyl (C=O) groups is 3. The van der Waals surface area contributed by atoms with Gasteiger partial charge in [-0.3, -0.25) is 14.4 Å². The van der Waals surface area contributed by atoms with Gasteiger partial charge >= 0.3 is 0 Å². The van der Waals surface area contributed by atoms with E-state index in [9.17, 15) is 14.4 Å². The van der Waals surface area contributed by atoms with Crippen molar-refractivity contribution < 1.29 is 19.1 Å². The maximum atomic E-state index is 13.2. The van der Waals surface area contributed by atoms with Crippen LogP contribution in [0.25, 0.3) is 0 Å². The largest absolute Gasteiger partial charge is 0.497 e. The van der Waals surface area contributed by atoms with Crippen LogP contribution in [-0.4, -0.2) is 36.9 Å². The second-order valence-corrected chi connectivity index (χ2v) is 8.91. The number of nitrogens with one attached hydrogen (secondary N) is 3. The highest BCUT2D eigenvalue weighted by atomic mass is 16.5. The van der Waals surface area contributed by atoms with Crippen LogP contribution in [0.3, 0.4) is 0 Å². The number of anilines is 1. The fourth-order valence-electron chi connectivity index (χ4n) is 4.19. The molecule has 0 aromatic heterocycles. The van der Waals surface area contributed by atoms with Crippen molar-refractivity contribution in [2.24, 2.45) is 5.92 Å². The van der Waals surface area contributed by atoms with E-state index in [4.69, 9.17) is 4.74 Å². The zero-order valence-corrected chi connectivity index (χ0v) is 20.2. The molecular formula is C27H35N3O4. The molecular weight excluding hydrogens is 430 g/mol. The first-order valence-electron chi connectivity index (χ1n) is 12.1. The smallest absolute Gasteiger partial charge is 0.255 e. The molecule has 2 aromatic rings. The second kappa shape index (κ2) is 12.2. The Bertz CT molecular complexity index is 984. The first-order chi connectivity index (χ1) is 16.4. The van der Waals surface area contributed by atoms with Crippen LogP contribution in [-0.2, 0) is 4.79 Å². The minimum absolute atomic E-state index is 0.0337. The maximum absolute atomic E-state index is 13.2. The quantitative estimate of drug-likeness (QED) is 0.507. The average Bonchev–Trinajstić information content (AvgIpc) is 2.87. The van der Waals surface area contributed by atoms with E-state index in [1.807, 2.05) is 13.8 Å². The van der Waals surface area contributed by atoms with E-state index in [0.717, 1.165) is 32.1 Å². The summed E-state index contributed by atoms with van der Waals surface area (Å²) < 4.78 is 5.13. The predicted octanol–water partition coefficient (Wildman–Crippen LogP) is 4.54. The first kappa shape index (κ1) is 25.3. The van der Waals surface area contributed by atoms with Crippen molar-refractivity contribution in [3.8, 4) is 5.75 Å². The topological polar surface area (TPSA) is 96.5 Å². The minimum atomic E-state index is -0.648. The third-order valence-electron chi connectivity index (χ3n) is 6.51. The van der Waals surface area contributed by atoms with Gasteiger partial charge in [-0.05, 0) is 55.2 Å². The lowest BCUT2D eigenvalue weighted by atomic mass is 9.93. The third kappa shape index (κ3) is 6.59. The predicted molar refractivity (Wildman–Crippen MR) is 133 cm³/mol. The molecule has 1 aliphatic carbocycles. The van der Waals surface area contributed by atoms with Gasteiger partial charge in [0.05, 0.1) is 18.4 Å². The number of ether oxygens (including phenoxy) is 1. The fraction of sp³-hybridized carbons (Fsp3) is 0.444. The highest BCUT2D eigenvalue weighted by Crippen LogP contribution is 2.20. The lowest BCUT2D eigenvalue weighted by Gasteiger charge is -2.28. The summed E-state index contributed by atoms with van der Waals surface area (Å²) in [5.74, 6) is -0.256. The van der Waals surface area contributed by atoms with Gasteiger partial charge in [-0.2, -0.15) is 0 Å². The van der Waals surface area contributed by atoms with Gasteiger partial charge in [0.1, 0.15) is 11.8 Å². The molecule has 0 unspecified atom stereocenters. The Morgan fingerprint density at radius 3 is 2.29 bits per heavy atom. The Hall–Kier alpha value is -3.35. The molecule has 7 nitrogen and oxygen atoms in total. The van der Waals surface area contributed by atoms with E-state index in [2.05, 4.69) is 16.0 Å². The molecule has 0 radical (unpaired) electrons. The molecule has 1 saturated carbocycles. The monoisotopic (exact) mass is 465 g/mol. The van der Waals surface area contributed by atoms with Crippen molar-refractivity contribution in [1.29, 1.82) is 0 Å². The number of benzene rings is 2. The Labute approximate surface area is 201 Å². The van der Waals surface area contributed by atoms with E-state index >= 15 is 0 Å². The molecule has 1 fully saturated rings. The van der Waals surface area contributed by atoms with Crippen molar-refractivity contribution in [2.75, 3.05) is 12.4 Å². The summed E-state index contributed by atoms with van der Waals surface area (Å²) in [6.45, 7) is 3.96. The minimum Gasteiger partial charge on any atom is -0.497 e. The van der Waals surface area contributed by atoms with Crippen LogP contribution in [0.15, 0.2) is 48.5 Å². The van der Waals surface area contributed by atoms with Crippen molar-refractivity contribution in [2.45, 2.75) is 64.5 Å². The van der Waals surface area contributed by atoms with Gasteiger partial charge < -0.3 is 20.7 Å². The molecule has 0 heterocycles. The van der Waals surface area contributed by atoms with E-state index in [-0.39, 0.29) is 23.8 Å². The van der Waals surface area contributed by atoms with Crippen LogP contribution in [0.4, 0.5) is 5.69 Å². The molecule has 0 spiro atoms. The molecule has 1 aliphatic rings.